The molecule has 4 unspecified atom stereocenters. The van der Waals surface area contributed by atoms with Gasteiger partial charge in [0.1, 0.15) is 35.3 Å². The summed E-state index contributed by atoms with van der Waals surface area (Å²) < 4.78 is 11.4. The topological polar surface area (TPSA) is 186 Å². The lowest BCUT2D eigenvalue weighted by Crippen LogP contribution is -2.64. The summed E-state index contributed by atoms with van der Waals surface area (Å²) in [7, 11) is 0. The summed E-state index contributed by atoms with van der Waals surface area (Å²) in [6.07, 6.45) is -8.25. The van der Waals surface area contributed by atoms with E-state index in [2.05, 4.69) is 5.32 Å². The Hall–Kier alpha value is -2.39. The number of nitrogens with one attached hydrogen (secondary N) is 1. The zero-order chi connectivity index (χ0) is 28.1. The third-order valence-electron chi connectivity index (χ3n) is 7.03. The number of aliphatic hydroxyl groups is 6. The molecule has 0 aliphatic carbocycles. The molecule has 212 valence electrons. The number of hydrogen-bond donors (Lipinski definition) is 7. The minimum atomic E-state index is -1.50. The van der Waals surface area contributed by atoms with E-state index in [1.807, 2.05) is 0 Å². The number of rotatable bonds is 9. The number of ether oxygens (including phenoxy) is 2. The van der Waals surface area contributed by atoms with Gasteiger partial charge < -0.3 is 45.4 Å². The molecule has 2 fully saturated rings. The third-order valence-corrected chi connectivity index (χ3v) is 8.35. The van der Waals surface area contributed by atoms with Crippen LogP contribution in [0.4, 0.5) is 0 Å². The average Bonchev–Trinajstić information content (AvgIpc) is 2.96. The quantitative estimate of drug-likeness (QED) is 0.191. The molecule has 0 saturated carbocycles. The van der Waals surface area contributed by atoms with E-state index in [4.69, 9.17) is 9.47 Å². The van der Waals surface area contributed by atoms with Crippen molar-refractivity contribution < 1.29 is 49.7 Å². The summed E-state index contributed by atoms with van der Waals surface area (Å²) in [5.74, 6) is -1.88. The number of amides is 1. The molecule has 2 aliphatic rings. The van der Waals surface area contributed by atoms with Crippen molar-refractivity contribution >= 4 is 23.5 Å². The number of Topliss-reactive ketones (excluding diaryl/α,β-unsaturated/α-hetero) is 1. The van der Waals surface area contributed by atoms with Crippen molar-refractivity contribution in [3.63, 3.8) is 0 Å². The van der Waals surface area contributed by atoms with E-state index in [0.717, 1.165) is 11.8 Å². The molecule has 39 heavy (non-hydrogen) atoms. The van der Waals surface area contributed by atoms with Crippen LogP contribution in [0.25, 0.3) is 0 Å². The minimum Gasteiger partial charge on any atom is -0.394 e. The van der Waals surface area contributed by atoms with Crippen LogP contribution in [0.2, 0.25) is 0 Å². The van der Waals surface area contributed by atoms with Crippen LogP contribution in [0.3, 0.4) is 0 Å². The highest BCUT2D eigenvalue weighted by Crippen LogP contribution is 2.39. The normalized spacial score (nSPS) is 34.8. The second-order valence-corrected chi connectivity index (χ2v) is 10.8. The predicted octanol–water partition coefficient (Wildman–Crippen LogP) is -0.715. The van der Waals surface area contributed by atoms with E-state index in [-0.39, 0.29) is 12.2 Å². The van der Waals surface area contributed by atoms with Gasteiger partial charge >= 0.3 is 0 Å². The Morgan fingerprint density at radius 2 is 1.23 bits per heavy atom. The van der Waals surface area contributed by atoms with E-state index in [9.17, 15) is 40.2 Å². The molecule has 0 radical (unpaired) electrons. The highest BCUT2D eigenvalue weighted by atomic mass is 32.2. The van der Waals surface area contributed by atoms with Crippen LogP contribution in [-0.4, -0.2) is 109 Å². The Kier molecular flexibility index (Phi) is 10.1. The standard InChI is InChI=1S/C27H33NO10S/c29-12-18-21(32)16(11-17(31)14-7-3-1-4-8-14)22(33)26(37-18)39-27-24(35)20(23(34)19(13-30)38-27)28-25(36)15-9-5-2-6-10-15/h1-10,16,18-24,26-27,29-30,32-35H,11-13H2,(H,28,36)/t16-,18?,19?,20?,21+,22?,23+,24+,26-,27+/m0/s1. The average molecular weight is 564 g/mol. The largest absolute Gasteiger partial charge is 0.394 e. The molecular weight excluding hydrogens is 530 g/mol. The van der Waals surface area contributed by atoms with Crippen LogP contribution in [0.15, 0.2) is 60.7 Å². The van der Waals surface area contributed by atoms with Gasteiger partial charge in [-0.2, -0.15) is 0 Å². The summed E-state index contributed by atoms with van der Waals surface area (Å²) in [5, 5.41) is 65.8. The fraction of sp³-hybridized carbons (Fsp3) is 0.481. The Bertz CT molecular complexity index is 1010. The van der Waals surface area contributed by atoms with E-state index < -0.39 is 78.6 Å². The summed E-state index contributed by atoms with van der Waals surface area (Å²) in [6.45, 7) is -1.22. The van der Waals surface area contributed by atoms with Crippen molar-refractivity contribution in [1.82, 2.24) is 5.32 Å². The first-order valence-corrected chi connectivity index (χ1v) is 13.5. The first-order chi connectivity index (χ1) is 18.7. The van der Waals surface area contributed by atoms with Crippen LogP contribution in [0, 0.1) is 5.92 Å². The van der Waals surface area contributed by atoms with E-state index >= 15 is 0 Å². The molecule has 0 aromatic heterocycles. The number of aliphatic hydroxyl groups excluding tert-OH is 6. The molecule has 2 heterocycles. The molecule has 12 heteroatoms. The number of carbonyl (C=O) groups is 2. The van der Waals surface area contributed by atoms with Gasteiger partial charge in [-0.1, -0.05) is 60.3 Å². The van der Waals surface area contributed by atoms with Crippen LogP contribution in [0.1, 0.15) is 27.1 Å². The fourth-order valence-electron chi connectivity index (χ4n) is 4.80. The number of thioether (sulfide) groups is 1. The first kappa shape index (κ1) is 29.6. The molecular formula is C27H33NO10S. The highest BCUT2D eigenvalue weighted by Gasteiger charge is 2.50. The Labute approximate surface area is 229 Å². The third kappa shape index (κ3) is 6.68. The smallest absolute Gasteiger partial charge is 0.251 e. The van der Waals surface area contributed by atoms with E-state index in [1.54, 1.807) is 60.7 Å². The molecule has 2 aromatic rings. The van der Waals surface area contributed by atoms with Crippen molar-refractivity contribution in [2.24, 2.45) is 5.92 Å². The van der Waals surface area contributed by atoms with Gasteiger partial charge in [-0.3, -0.25) is 9.59 Å². The number of ketones is 1. The molecule has 0 spiro atoms. The number of benzene rings is 2. The van der Waals surface area contributed by atoms with Gasteiger partial charge in [0.2, 0.25) is 0 Å². The molecule has 1 amide bonds. The van der Waals surface area contributed by atoms with Crippen LogP contribution >= 0.6 is 11.8 Å². The maximum atomic E-state index is 12.8. The number of carbonyl (C=O) groups excluding carboxylic acids is 2. The first-order valence-electron chi connectivity index (χ1n) is 12.6. The van der Waals surface area contributed by atoms with Gasteiger partial charge in [-0.05, 0) is 12.1 Å². The van der Waals surface area contributed by atoms with Gasteiger partial charge in [-0.25, -0.2) is 0 Å². The molecule has 2 saturated heterocycles. The second kappa shape index (κ2) is 13.3. The van der Waals surface area contributed by atoms with Crippen molar-refractivity contribution in [2.75, 3.05) is 13.2 Å². The van der Waals surface area contributed by atoms with Crippen molar-refractivity contribution in [2.45, 2.75) is 60.0 Å². The summed E-state index contributed by atoms with van der Waals surface area (Å²) >= 11 is 0.802. The fourth-order valence-corrected chi connectivity index (χ4v) is 6.17. The molecule has 4 rings (SSSR count). The molecule has 11 nitrogen and oxygen atoms in total. The molecule has 0 bridgehead atoms. The Morgan fingerprint density at radius 1 is 0.718 bits per heavy atom. The van der Waals surface area contributed by atoms with Crippen molar-refractivity contribution in [3.8, 4) is 0 Å². The Balaban J connectivity index is 1.51. The maximum absolute atomic E-state index is 12.8. The minimum absolute atomic E-state index is 0.231. The maximum Gasteiger partial charge on any atom is 0.251 e. The lowest BCUT2D eigenvalue weighted by molar-refractivity contribution is -0.186. The molecule has 2 aromatic carbocycles. The van der Waals surface area contributed by atoms with Gasteiger partial charge in [0.15, 0.2) is 5.78 Å². The molecule has 2 aliphatic heterocycles. The van der Waals surface area contributed by atoms with Crippen LogP contribution < -0.4 is 5.32 Å². The van der Waals surface area contributed by atoms with Crippen molar-refractivity contribution in [1.29, 1.82) is 0 Å². The second-order valence-electron chi connectivity index (χ2n) is 9.57. The zero-order valence-corrected chi connectivity index (χ0v) is 21.7. The predicted molar refractivity (Wildman–Crippen MR) is 140 cm³/mol. The van der Waals surface area contributed by atoms with E-state index in [1.165, 1.54) is 0 Å². The monoisotopic (exact) mass is 563 g/mol. The zero-order valence-electron chi connectivity index (χ0n) is 20.9. The lowest BCUT2D eigenvalue weighted by Gasteiger charge is -2.46. The Morgan fingerprint density at radius 3 is 1.79 bits per heavy atom. The number of hydrogen-bond acceptors (Lipinski definition) is 11. The lowest BCUT2D eigenvalue weighted by atomic mass is 9.84. The van der Waals surface area contributed by atoms with E-state index in [0.29, 0.717) is 11.1 Å². The molecule has 7 N–H and O–H groups in total. The summed E-state index contributed by atoms with van der Waals surface area (Å²) in [5.41, 5.74) is -1.67. The van der Waals surface area contributed by atoms with Gasteiger partial charge in [0.25, 0.3) is 5.91 Å². The van der Waals surface area contributed by atoms with Crippen molar-refractivity contribution in [3.05, 3.63) is 71.8 Å². The summed E-state index contributed by atoms with van der Waals surface area (Å²) in [6, 6.07) is 15.3. The van der Waals surface area contributed by atoms with Gasteiger partial charge in [0, 0.05) is 23.5 Å². The SMILES string of the molecule is O=C(C[C@@H]1C(O)[C@H](S[C@H]2OC(CO)[C@@H](O)C(NC(=O)c3ccccc3)[C@H]2O)OC(CO)[C@@H]1O)c1ccccc1. The van der Waals surface area contributed by atoms with Gasteiger partial charge in [0.05, 0.1) is 31.5 Å². The van der Waals surface area contributed by atoms with Crippen LogP contribution in [-0.2, 0) is 9.47 Å². The van der Waals surface area contributed by atoms with Crippen LogP contribution in [0.5, 0.6) is 0 Å². The van der Waals surface area contributed by atoms with Gasteiger partial charge in [-0.15, -0.1) is 0 Å². The summed E-state index contributed by atoms with van der Waals surface area (Å²) in [4.78, 5) is 25.6. The highest BCUT2D eigenvalue weighted by molar-refractivity contribution is 8.00. The molecule has 10 atom stereocenters.